The summed E-state index contributed by atoms with van der Waals surface area (Å²) in [5, 5.41) is 0. The fourth-order valence-corrected chi connectivity index (χ4v) is 1.92. The fourth-order valence-electron chi connectivity index (χ4n) is 1.92. The first-order valence-electron chi connectivity index (χ1n) is 5.45. The van der Waals surface area contributed by atoms with Crippen LogP contribution in [0.3, 0.4) is 0 Å². The Morgan fingerprint density at radius 3 is 2.93 bits per heavy atom. The Morgan fingerprint density at radius 1 is 1.47 bits per heavy atom. The first kappa shape index (κ1) is 10.5. The van der Waals surface area contributed by atoms with Gasteiger partial charge in [-0.25, -0.2) is 0 Å². The molecule has 0 fully saturated rings. The zero-order valence-corrected chi connectivity index (χ0v) is 9.20. The van der Waals surface area contributed by atoms with Crippen molar-refractivity contribution in [2.75, 3.05) is 13.1 Å². The van der Waals surface area contributed by atoms with Crippen molar-refractivity contribution in [2.24, 2.45) is 5.73 Å². The number of aryl methyl sites for hydroxylation is 1. The van der Waals surface area contributed by atoms with Crippen LogP contribution in [0.4, 0.5) is 0 Å². The van der Waals surface area contributed by atoms with Crippen LogP contribution >= 0.6 is 0 Å². The third-order valence-corrected chi connectivity index (χ3v) is 2.78. The predicted octanol–water partition coefficient (Wildman–Crippen LogP) is 1.81. The highest BCUT2D eigenvalue weighted by Gasteiger charge is 2.11. The molecule has 3 heteroatoms. The molecule has 0 saturated heterocycles. The fraction of sp³-hybridized carbons (Fsp3) is 0.500. The third-order valence-electron chi connectivity index (χ3n) is 2.78. The highest BCUT2D eigenvalue weighted by atomic mass is 16.3. The summed E-state index contributed by atoms with van der Waals surface area (Å²) in [6, 6.07) is 2.10. The molecule has 0 bridgehead atoms. The molecule has 0 unspecified atom stereocenters. The van der Waals surface area contributed by atoms with Gasteiger partial charge in [0.1, 0.15) is 11.5 Å². The Morgan fingerprint density at radius 2 is 2.33 bits per heavy atom. The average molecular weight is 206 g/mol. The van der Waals surface area contributed by atoms with Crippen molar-refractivity contribution in [1.82, 2.24) is 4.90 Å². The maximum atomic E-state index is 5.68. The Balaban J connectivity index is 2.00. The predicted molar refractivity (Wildman–Crippen MR) is 60.4 cm³/mol. The second-order valence-corrected chi connectivity index (χ2v) is 4.02. The molecule has 0 amide bonds. The summed E-state index contributed by atoms with van der Waals surface area (Å²) in [5.74, 6) is 1.95. The van der Waals surface area contributed by atoms with Crippen molar-refractivity contribution in [1.29, 1.82) is 0 Å². The number of nitrogens with two attached hydrogens (primary N) is 1. The first-order chi connectivity index (χ1) is 7.29. The largest absolute Gasteiger partial charge is 0.463 e. The lowest BCUT2D eigenvalue weighted by Gasteiger charge is -2.21. The maximum absolute atomic E-state index is 5.68. The number of nitrogens with zero attached hydrogens (tertiary/aromatic N) is 1. The van der Waals surface area contributed by atoms with Crippen LogP contribution in [0.5, 0.6) is 0 Å². The van der Waals surface area contributed by atoms with Gasteiger partial charge < -0.3 is 10.2 Å². The topological polar surface area (TPSA) is 42.4 Å². The van der Waals surface area contributed by atoms with Gasteiger partial charge in [0.05, 0.1) is 13.1 Å². The van der Waals surface area contributed by atoms with Gasteiger partial charge >= 0.3 is 0 Å². The molecule has 0 aromatic carbocycles. The van der Waals surface area contributed by atoms with Gasteiger partial charge in [-0.15, -0.1) is 0 Å². The molecule has 0 aliphatic carbocycles. The molecule has 1 aromatic heterocycles. The summed E-state index contributed by atoms with van der Waals surface area (Å²) in [7, 11) is 0. The molecule has 2 N–H and O–H groups in total. The van der Waals surface area contributed by atoms with E-state index in [1.54, 1.807) is 0 Å². The molecule has 3 nitrogen and oxygen atoms in total. The second kappa shape index (κ2) is 4.64. The third kappa shape index (κ3) is 2.49. The first-order valence-corrected chi connectivity index (χ1v) is 5.45. The van der Waals surface area contributed by atoms with Crippen LogP contribution in [0.15, 0.2) is 22.6 Å². The summed E-state index contributed by atoms with van der Waals surface area (Å²) in [6.07, 6.45) is 5.59. The Kier molecular flexibility index (Phi) is 3.23. The van der Waals surface area contributed by atoms with E-state index in [9.17, 15) is 0 Å². The zero-order valence-electron chi connectivity index (χ0n) is 9.20. The monoisotopic (exact) mass is 206 g/mol. The lowest BCUT2D eigenvalue weighted by Crippen LogP contribution is -2.26. The summed E-state index contributed by atoms with van der Waals surface area (Å²) in [4.78, 5) is 2.37. The number of hydrogen-bond donors (Lipinski definition) is 1. The van der Waals surface area contributed by atoms with E-state index in [4.69, 9.17) is 10.2 Å². The molecule has 15 heavy (non-hydrogen) atoms. The highest BCUT2D eigenvalue weighted by Crippen LogP contribution is 2.16. The zero-order chi connectivity index (χ0) is 10.7. The lowest BCUT2D eigenvalue weighted by molar-refractivity contribution is 0.262. The van der Waals surface area contributed by atoms with E-state index >= 15 is 0 Å². The van der Waals surface area contributed by atoms with Crippen molar-refractivity contribution in [3.8, 4) is 0 Å². The molecule has 82 valence electrons. The second-order valence-electron chi connectivity index (χ2n) is 4.02. The molecular weight excluding hydrogens is 188 g/mol. The van der Waals surface area contributed by atoms with Gasteiger partial charge in [0.25, 0.3) is 0 Å². The van der Waals surface area contributed by atoms with Crippen LogP contribution in [0.1, 0.15) is 23.5 Å². The summed E-state index contributed by atoms with van der Waals surface area (Å²) in [6.45, 7) is 5.58. The Labute approximate surface area is 90.5 Å². The number of hydrogen-bond acceptors (Lipinski definition) is 3. The maximum Gasteiger partial charge on any atom is 0.120 e. The van der Waals surface area contributed by atoms with E-state index in [1.165, 1.54) is 5.56 Å². The summed E-state index contributed by atoms with van der Waals surface area (Å²) < 4.78 is 5.68. The molecule has 0 radical (unpaired) electrons. The van der Waals surface area contributed by atoms with Gasteiger partial charge in [-0.2, -0.15) is 0 Å². The van der Waals surface area contributed by atoms with Crippen LogP contribution in [0.25, 0.3) is 0 Å². The van der Waals surface area contributed by atoms with Gasteiger partial charge in [-0.1, -0.05) is 12.2 Å². The number of rotatable bonds is 3. The molecule has 1 aliphatic heterocycles. The summed E-state index contributed by atoms with van der Waals surface area (Å²) >= 11 is 0. The van der Waals surface area contributed by atoms with E-state index in [2.05, 4.69) is 23.1 Å². The normalized spacial score (nSPS) is 17.2. The minimum absolute atomic E-state index is 0.492. The Bertz CT molecular complexity index is 355. The highest BCUT2D eigenvalue weighted by molar-refractivity contribution is 5.19. The molecule has 0 saturated carbocycles. The number of furan rings is 1. The molecular formula is C12H18N2O. The minimum Gasteiger partial charge on any atom is -0.463 e. The van der Waals surface area contributed by atoms with E-state index in [0.29, 0.717) is 6.54 Å². The van der Waals surface area contributed by atoms with E-state index in [-0.39, 0.29) is 0 Å². The quantitative estimate of drug-likeness (QED) is 0.767. The molecule has 1 aliphatic rings. The average Bonchev–Trinajstić information content (AvgIpc) is 2.60. The van der Waals surface area contributed by atoms with Crippen molar-refractivity contribution in [2.45, 2.75) is 26.4 Å². The van der Waals surface area contributed by atoms with Crippen LogP contribution < -0.4 is 5.73 Å². The SMILES string of the molecule is Cc1cc(CN2CC=CCC2)oc1CN. The molecule has 2 heterocycles. The van der Waals surface area contributed by atoms with Gasteiger partial charge in [0, 0.05) is 13.1 Å². The van der Waals surface area contributed by atoms with Crippen molar-refractivity contribution < 1.29 is 4.42 Å². The smallest absolute Gasteiger partial charge is 0.120 e. The van der Waals surface area contributed by atoms with E-state index in [0.717, 1.165) is 37.6 Å². The van der Waals surface area contributed by atoms with Gasteiger partial charge in [-0.3, -0.25) is 4.90 Å². The molecule has 1 aromatic rings. The standard InChI is InChI=1S/C12H18N2O/c1-10-7-11(15-12(10)8-13)9-14-5-3-2-4-6-14/h2-3,7H,4-6,8-9,13H2,1H3. The van der Waals surface area contributed by atoms with Crippen LogP contribution in [-0.2, 0) is 13.1 Å². The molecule has 0 spiro atoms. The Hall–Kier alpha value is -1.06. The van der Waals surface area contributed by atoms with Crippen molar-refractivity contribution >= 4 is 0 Å². The van der Waals surface area contributed by atoms with Crippen LogP contribution in [-0.4, -0.2) is 18.0 Å². The molecule has 2 rings (SSSR count). The van der Waals surface area contributed by atoms with E-state index in [1.807, 2.05) is 6.92 Å². The van der Waals surface area contributed by atoms with Crippen molar-refractivity contribution in [3.05, 3.63) is 35.3 Å². The van der Waals surface area contributed by atoms with Crippen LogP contribution in [0, 0.1) is 6.92 Å². The molecule has 0 atom stereocenters. The van der Waals surface area contributed by atoms with E-state index < -0.39 is 0 Å². The van der Waals surface area contributed by atoms with Crippen LogP contribution in [0.2, 0.25) is 0 Å². The van der Waals surface area contributed by atoms with Gasteiger partial charge in [-0.05, 0) is 25.0 Å². The van der Waals surface area contributed by atoms with Gasteiger partial charge in [0.15, 0.2) is 0 Å². The van der Waals surface area contributed by atoms with Gasteiger partial charge in [0.2, 0.25) is 0 Å². The summed E-state index contributed by atoms with van der Waals surface area (Å²) in [5.41, 5.74) is 6.75. The van der Waals surface area contributed by atoms with Crippen molar-refractivity contribution in [3.63, 3.8) is 0 Å². The minimum atomic E-state index is 0.492. The lowest BCUT2D eigenvalue weighted by atomic mass is 10.2.